The standard InChI is InChI=1S/C13H12Br2N2/c1-9(17-11-3-2-6-16-8-11)12-5-4-10(14)7-13(12)15/h2-9,17H,1H3. The highest BCUT2D eigenvalue weighted by molar-refractivity contribution is 9.11. The van der Waals surface area contributed by atoms with E-state index in [9.17, 15) is 0 Å². The van der Waals surface area contributed by atoms with Crippen LogP contribution in [0.25, 0.3) is 0 Å². The first kappa shape index (κ1) is 12.6. The molecule has 0 radical (unpaired) electrons. The van der Waals surface area contributed by atoms with E-state index in [2.05, 4.69) is 61.2 Å². The van der Waals surface area contributed by atoms with Crippen LogP contribution in [-0.4, -0.2) is 4.98 Å². The van der Waals surface area contributed by atoms with Crippen molar-refractivity contribution in [3.8, 4) is 0 Å². The predicted molar refractivity (Wildman–Crippen MR) is 78.1 cm³/mol. The molecule has 0 aliphatic carbocycles. The number of hydrogen-bond donors (Lipinski definition) is 1. The summed E-state index contributed by atoms with van der Waals surface area (Å²) in [5.41, 5.74) is 2.24. The van der Waals surface area contributed by atoms with Crippen molar-refractivity contribution in [3.05, 3.63) is 57.2 Å². The second kappa shape index (κ2) is 5.65. The van der Waals surface area contributed by atoms with Gasteiger partial charge in [-0.25, -0.2) is 0 Å². The van der Waals surface area contributed by atoms with Crippen LogP contribution in [0.5, 0.6) is 0 Å². The summed E-state index contributed by atoms with van der Waals surface area (Å²) in [5.74, 6) is 0. The lowest BCUT2D eigenvalue weighted by Gasteiger charge is -2.17. The Kier molecular flexibility index (Phi) is 4.18. The highest BCUT2D eigenvalue weighted by Crippen LogP contribution is 2.28. The molecule has 0 fully saturated rings. The maximum Gasteiger partial charge on any atom is 0.0531 e. The van der Waals surface area contributed by atoms with Gasteiger partial charge in [0.1, 0.15) is 0 Å². The van der Waals surface area contributed by atoms with Gasteiger partial charge in [-0.2, -0.15) is 0 Å². The molecule has 1 unspecified atom stereocenters. The Bertz CT molecular complexity index is 500. The van der Waals surface area contributed by atoms with Crippen molar-refractivity contribution in [3.63, 3.8) is 0 Å². The van der Waals surface area contributed by atoms with E-state index in [4.69, 9.17) is 0 Å². The van der Waals surface area contributed by atoms with Gasteiger partial charge < -0.3 is 5.32 Å². The molecule has 2 nitrogen and oxygen atoms in total. The third-order valence-corrected chi connectivity index (χ3v) is 3.65. The lowest BCUT2D eigenvalue weighted by atomic mass is 10.1. The Morgan fingerprint density at radius 3 is 2.71 bits per heavy atom. The van der Waals surface area contributed by atoms with Gasteiger partial charge in [-0.1, -0.05) is 37.9 Å². The molecule has 0 amide bonds. The summed E-state index contributed by atoms with van der Waals surface area (Å²) in [5, 5.41) is 3.41. The fourth-order valence-electron chi connectivity index (χ4n) is 1.63. The molecule has 2 rings (SSSR count). The smallest absolute Gasteiger partial charge is 0.0531 e. The molecule has 0 spiro atoms. The number of nitrogens with zero attached hydrogens (tertiary/aromatic N) is 1. The average molecular weight is 356 g/mol. The van der Waals surface area contributed by atoms with Crippen molar-refractivity contribution in [1.82, 2.24) is 4.98 Å². The van der Waals surface area contributed by atoms with Gasteiger partial charge >= 0.3 is 0 Å². The van der Waals surface area contributed by atoms with E-state index in [-0.39, 0.29) is 6.04 Å². The van der Waals surface area contributed by atoms with Crippen molar-refractivity contribution in [2.24, 2.45) is 0 Å². The molecule has 0 saturated carbocycles. The van der Waals surface area contributed by atoms with Crippen LogP contribution >= 0.6 is 31.9 Å². The van der Waals surface area contributed by atoms with E-state index in [0.29, 0.717) is 0 Å². The van der Waals surface area contributed by atoms with Crippen molar-refractivity contribution in [1.29, 1.82) is 0 Å². The Hall–Kier alpha value is -0.870. The minimum atomic E-state index is 0.224. The number of pyridine rings is 1. The maximum atomic E-state index is 4.09. The number of aromatic nitrogens is 1. The lowest BCUT2D eigenvalue weighted by molar-refractivity contribution is 0.876. The first-order valence-electron chi connectivity index (χ1n) is 5.28. The number of halogens is 2. The predicted octanol–water partition coefficient (Wildman–Crippen LogP) is 4.78. The van der Waals surface area contributed by atoms with E-state index in [1.165, 1.54) is 5.56 Å². The summed E-state index contributed by atoms with van der Waals surface area (Å²) in [6, 6.07) is 10.4. The lowest BCUT2D eigenvalue weighted by Crippen LogP contribution is -2.07. The highest BCUT2D eigenvalue weighted by atomic mass is 79.9. The Morgan fingerprint density at radius 1 is 1.24 bits per heavy atom. The number of rotatable bonds is 3. The van der Waals surface area contributed by atoms with Gasteiger partial charge in [-0.15, -0.1) is 0 Å². The van der Waals surface area contributed by atoms with Crippen molar-refractivity contribution in [2.75, 3.05) is 5.32 Å². The maximum absolute atomic E-state index is 4.09. The summed E-state index contributed by atoms with van der Waals surface area (Å²) in [4.78, 5) is 4.09. The van der Waals surface area contributed by atoms with Gasteiger partial charge in [-0.05, 0) is 36.8 Å². The summed E-state index contributed by atoms with van der Waals surface area (Å²) in [6.45, 7) is 2.13. The molecule has 0 aliphatic rings. The van der Waals surface area contributed by atoms with Crippen molar-refractivity contribution >= 4 is 37.5 Å². The van der Waals surface area contributed by atoms with E-state index < -0.39 is 0 Å². The number of anilines is 1. The van der Waals surface area contributed by atoms with E-state index in [1.54, 1.807) is 6.20 Å². The quantitative estimate of drug-likeness (QED) is 0.856. The van der Waals surface area contributed by atoms with Gasteiger partial charge in [0.05, 0.1) is 5.69 Å². The highest BCUT2D eigenvalue weighted by Gasteiger charge is 2.09. The third-order valence-electron chi connectivity index (χ3n) is 2.47. The topological polar surface area (TPSA) is 24.9 Å². The Labute approximate surface area is 118 Å². The second-order valence-corrected chi connectivity index (χ2v) is 5.54. The normalized spacial score (nSPS) is 12.2. The number of nitrogens with one attached hydrogen (secondary N) is 1. The second-order valence-electron chi connectivity index (χ2n) is 3.77. The summed E-state index contributed by atoms with van der Waals surface area (Å²) < 4.78 is 2.16. The molecular formula is C13H12Br2N2. The molecule has 1 N–H and O–H groups in total. The molecule has 1 aromatic heterocycles. The molecular weight excluding hydrogens is 344 g/mol. The van der Waals surface area contributed by atoms with Crippen LogP contribution in [0.4, 0.5) is 5.69 Å². The van der Waals surface area contributed by atoms with Crippen LogP contribution in [-0.2, 0) is 0 Å². The van der Waals surface area contributed by atoms with E-state index in [0.717, 1.165) is 14.6 Å². The van der Waals surface area contributed by atoms with Gasteiger partial charge in [0.15, 0.2) is 0 Å². The molecule has 2 aromatic rings. The minimum Gasteiger partial charge on any atom is -0.377 e. The molecule has 0 bridgehead atoms. The van der Waals surface area contributed by atoms with Gasteiger partial charge in [0.25, 0.3) is 0 Å². The monoisotopic (exact) mass is 354 g/mol. The molecule has 88 valence electrons. The van der Waals surface area contributed by atoms with Gasteiger partial charge in [0.2, 0.25) is 0 Å². The van der Waals surface area contributed by atoms with E-state index >= 15 is 0 Å². The van der Waals surface area contributed by atoms with Crippen LogP contribution in [0, 0.1) is 0 Å². The molecule has 1 atom stereocenters. The zero-order valence-corrected chi connectivity index (χ0v) is 12.5. The zero-order chi connectivity index (χ0) is 12.3. The Balaban J connectivity index is 2.17. The van der Waals surface area contributed by atoms with Crippen molar-refractivity contribution < 1.29 is 0 Å². The fourth-order valence-corrected chi connectivity index (χ4v) is 3.02. The fraction of sp³-hybridized carbons (Fsp3) is 0.154. The SMILES string of the molecule is CC(Nc1cccnc1)c1ccc(Br)cc1Br. The van der Waals surface area contributed by atoms with Crippen LogP contribution in [0.15, 0.2) is 51.7 Å². The molecule has 0 saturated heterocycles. The Morgan fingerprint density at radius 2 is 2.06 bits per heavy atom. The zero-order valence-electron chi connectivity index (χ0n) is 9.32. The molecule has 0 aliphatic heterocycles. The summed E-state index contributed by atoms with van der Waals surface area (Å²) >= 11 is 7.03. The minimum absolute atomic E-state index is 0.224. The third kappa shape index (κ3) is 3.30. The number of hydrogen-bond acceptors (Lipinski definition) is 2. The van der Waals surface area contributed by atoms with Crippen LogP contribution < -0.4 is 5.32 Å². The van der Waals surface area contributed by atoms with Crippen molar-refractivity contribution in [2.45, 2.75) is 13.0 Å². The molecule has 1 aromatic carbocycles. The van der Waals surface area contributed by atoms with Gasteiger partial charge in [-0.3, -0.25) is 4.98 Å². The summed E-state index contributed by atoms with van der Waals surface area (Å²) in [6.07, 6.45) is 3.59. The van der Waals surface area contributed by atoms with E-state index in [1.807, 2.05) is 24.4 Å². The number of benzene rings is 1. The first-order valence-corrected chi connectivity index (χ1v) is 6.87. The largest absolute Gasteiger partial charge is 0.377 e. The van der Waals surface area contributed by atoms with Gasteiger partial charge in [0, 0.05) is 27.4 Å². The van der Waals surface area contributed by atoms with Crippen LogP contribution in [0.3, 0.4) is 0 Å². The first-order chi connectivity index (χ1) is 8.16. The van der Waals surface area contributed by atoms with Crippen LogP contribution in [0.2, 0.25) is 0 Å². The summed E-state index contributed by atoms with van der Waals surface area (Å²) in [7, 11) is 0. The average Bonchev–Trinajstić information content (AvgIpc) is 2.30. The molecule has 17 heavy (non-hydrogen) atoms. The molecule has 1 heterocycles. The molecule has 4 heteroatoms. The van der Waals surface area contributed by atoms with Crippen LogP contribution in [0.1, 0.15) is 18.5 Å².